The normalized spacial score (nSPS) is 13.0. The maximum Gasteiger partial charge on any atom is 0.370 e. The number of hydrogen-bond acceptors (Lipinski definition) is 4. The Balaban J connectivity index is 2.26. The number of amides is 1. The van der Waals surface area contributed by atoms with E-state index < -0.39 is 11.1 Å². The minimum absolute atomic E-state index is 0.409. The van der Waals surface area contributed by atoms with Crippen LogP contribution in [0.1, 0.15) is 34.0 Å². The van der Waals surface area contributed by atoms with E-state index in [-0.39, 0.29) is 0 Å². The van der Waals surface area contributed by atoms with Gasteiger partial charge in [-0.2, -0.15) is 5.17 Å². The van der Waals surface area contributed by atoms with Crippen LogP contribution in [-0.4, -0.2) is 16.6 Å². The van der Waals surface area contributed by atoms with Gasteiger partial charge in [0.2, 0.25) is 0 Å². The molecular formula is C16H17N3O2. The van der Waals surface area contributed by atoms with Crippen LogP contribution >= 0.6 is 0 Å². The van der Waals surface area contributed by atoms with Gasteiger partial charge in [-0.25, -0.2) is 4.79 Å². The van der Waals surface area contributed by atoms with Crippen molar-refractivity contribution in [1.82, 2.24) is 4.98 Å². The summed E-state index contributed by atoms with van der Waals surface area (Å²) in [5.41, 5.74) is 3.47. The first-order valence-electron chi connectivity index (χ1n) is 6.61. The van der Waals surface area contributed by atoms with E-state index in [2.05, 4.69) is 10.1 Å². The predicted molar refractivity (Wildman–Crippen MR) is 81.0 cm³/mol. The molecule has 0 saturated carbocycles. The Bertz CT molecular complexity index is 681. The summed E-state index contributed by atoms with van der Waals surface area (Å²) in [6, 6.07) is 8.81. The second-order valence-electron chi connectivity index (χ2n) is 4.81. The minimum Gasteiger partial charge on any atom is -0.598 e. The molecule has 1 atom stereocenters. The Kier molecular flexibility index (Phi) is 4.57. The fourth-order valence-electron chi connectivity index (χ4n) is 1.97. The summed E-state index contributed by atoms with van der Waals surface area (Å²) in [4.78, 5) is 16.1. The van der Waals surface area contributed by atoms with Crippen molar-refractivity contribution in [2.24, 2.45) is 5.10 Å². The van der Waals surface area contributed by atoms with Gasteiger partial charge in [0.1, 0.15) is 5.71 Å². The smallest absolute Gasteiger partial charge is 0.370 e. The highest BCUT2D eigenvalue weighted by Gasteiger charge is 2.18. The monoisotopic (exact) mass is 283 g/mol. The summed E-state index contributed by atoms with van der Waals surface area (Å²) >= 11 is 0. The molecule has 1 unspecified atom stereocenters. The van der Waals surface area contributed by atoms with Gasteiger partial charge in [0.25, 0.3) is 0 Å². The molecule has 0 bridgehead atoms. The van der Waals surface area contributed by atoms with Crippen molar-refractivity contribution in [3.63, 3.8) is 0 Å². The minimum atomic E-state index is -0.752. The van der Waals surface area contributed by atoms with Gasteiger partial charge in [-0.3, -0.25) is 4.98 Å². The molecule has 1 heterocycles. The third-order valence-electron chi connectivity index (χ3n) is 3.41. The number of carbonyl (C=O) groups is 1. The van der Waals surface area contributed by atoms with Crippen LogP contribution in [0.25, 0.3) is 0 Å². The number of hydrogen-bond donors (Lipinski definition) is 1. The number of nitrogens with zero attached hydrogens (tertiary/aromatic N) is 2. The van der Waals surface area contributed by atoms with Crippen LogP contribution in [0.15, 0.2) is 47.8 Å². The van der Waals surface area contributed by atoms with E-state index in [0.29, 0.717) is 11.3 Å². The summed E-state index contributed by atoms with van der Waals surface area (Å²) < 4.78 is 0. The van der Waals surface area contributed by atoms with Gasteiger partial charge in [0.15, 0.2) is 0 Å². The predicted octanol–water partition coefficient (Wildman–Crippen LogP) is 1.65. The first kappa shape index (κ1) is 15.0. The molecule has 1 amide bonds. The Hall–Kier alpha value is -2.37. The Labute approximate surface area is 123 Å². The number of aryl methyl sites for hydroxylation is 1. The van der Waals surface area contributed by atoms with E-state index in [4.69, 9.17) is 0 Å². The van der Waals surface area contributed by atoms with E-state index >= 15 is 0 Å². The van der Waals surface area contributed by atoms with Gasteiger partial charge in [-0.15, -0.1) is 0 Å². The molecule has 0 fully saturated rings. The Morgan fingerprint density at radius 3 is 2.52 bits per heavy atom. The molecule has 21 heavy (non-hydrogen) atoms. The van der Waals surface area contributed by atoms with Gasteiger partial charge in [-0.05, 0) is 50.1 Å². The quantitative estimate of drug-likeness (QED) is 0.687. The lowest BCUT2D eigenvalue weighted by molar-refractivity contribution is -0.764. The molecule has 0 spiro atoms. The lowest BCUT2D eigenvalue weighted by atomic mass is 10.0. The molecule has 0 saturated heterocycles. The average molecular weight is 283 g/mol. The van der Waals surface area contributed by atoms with Crippen molar-refractivity contribution in [3.05, 3.63) is 70.2 Å². The van der Waals surface area contributed by atoms with E-state index in [9.17, 15) is 10.0 Å². The van der Waals surface area contributed by atoms with Crippen LogP contribution in [0.5, 0.6) is 0 Å². The highest BCUT2D eigenvalue weighted by Crippen LogP contribution is 2.11. The zero-order valence-electron chi connectivity index (χ0n) is 12.3. The lowest BCUT2D eigenvalue weighted by Crippen LogP contribution is -3.05. The molecule has 108 valence electrons. The van der Waals surface area contributed by atoms with Crippen LogP contribution in [0.4, 0.5) is 0 Å². The fourth-order valence-corrected chi connectivity index (χ4v) is 1.97. The molecular weight excluding hydrogens is 266 g/mol. The van der Waals surface area contributed by atoms with Crippen molar-refractivity contribution in [2.45, 2.75) is 20.8 Å². The largest absolute Gasteiger partial charge is 0.598 e. The molecule has 2 aromatic rings. The molecule has 0 aliphatic carbocycles. The fraction of sp³-hybridized carbons (Fsp3) is 0.188. The van der Waals surface area contributed by atoms with E-state index in [1.165, 1.54) is 0 Å². The van der Waals surface area contributed by atoms with E-state index in [1.54, 1.807) is 43.6 Å². The SMILES string of the molecule is CC(=N[NH+]([O-])C(=O)c1cccc(C)c1C)c1ccncc1. The third-order valence-corrected chi connectivity index (χ3v) is 3.41. The molecule has 5 nitrogen and oxygen atoms in total. The number of quaternary nitrogens is 1. The number of benzene rings is 1. The van der Waals surface area contributed by atoms with Crippen LogP contribution in [0.2, 0.25) is 0 Å². The summed E-state index contributed by atoms with van der Waals surface area (Å²) in [5, 5.41) is 15.2. The van der Waals surface area contributed by atoms with Crippen molar-refractivity contribution in [3.8, 4) is 0 Å². The molecule has 5 heteroatoms. The van der Waals surface area contributed by atoms with Crippen molar-refractivity contribution >= 4 is 11.6 Å². The average Bonchev–Trinajstić information content (AvgIpc) is 2.50. The number of hydroxylamine groups is 1. The van der Waals surface area contributed by atoms with Gasteiger partial charge >= 0.3 is 5.91 Å². The highest BCUT2D eigenvalue weighted by atomic mass is 16.5. The molecule has 2 rings (SSSR count). The van der Waals surface area contributed by atoms with E-state index in [1.807, 2.05) is 19.9 Å². The Morgan fingerprint density at radius 1 is 1.19 bits per heavy atom. The third kappa shape index (κ3) is 3.39. The van der Waals surface area contributed by atoms with Crippen LogP contribution in [-0.2, 0) is 0 Å². The van der Waals surface area contributed by atoms with Crippen molar-refractivity contribution in [1.29, 1.82) is 0 Å². The lowest BCUT2D eigenvalue weighted by Gasteiger charge is -2.15. The van der Waals surface area contributed by atoms with Gasteiger partial charge in [0.05, 0.1) is 5.56 Å². The van der Waals surface area contributed by atoms with Crippen LogP contribution in [0.3, 0.4) is 0 Å². The standard InChI is InChI=1S/C16H17N3O2/c1-11-5-4-6-15(12(11)2)16(20)19(21)18-13(3)14-7-9-17-10-8-14/h4-10,19H,1-3H3. The summed E-state index contributed by atoms with van der Waals surface area (Å²) in [5.74, 6) is -0.579. The number of carbonyl (C=O) groups excluding carboxylic acids is 1. The van der Waals surface area contributed by atoms with Gasteiger partial charge in [0, 0.05) is 18.0 Å². The van der Waals surface area contributed by atoms with E-state index in [0.717, 1.165) is 16.7 Å². The summed E-state index contributed by atoms with van der Waals surface area (Å²) in [6.45, 7) is 5.43. The second-order valence-corrected chi connectivity index (χ2v) is 4.81. The number of rotatable bonds is 3. The molecule has 0 aliphatic rings. The topological polar surface area (TPSA) is 69.8 Å². The Morgan fingerprint density at radius 2 is 1.86 bits per heavy atom. The van der Waals surface area contributed by atoms with Crippen LogP contribution < -0.4 is 5.17 Å². The number of nitrogens with one attached hydrogen (secondary N) is 1. The molecule has 0 aliphatic heterocycles. The molecule has 1 aromatic heterocycles. The molecule has 1 aromatic carbocycles. The molecule has 1 N–H and O–H groups in total. The van der Waals surface area contributed by atoms with Crippen molar-refractivity contribution < 1.29 is 9.97 Å². The zero-order chi connectivity index (χ0) is 15.4. The maximum absolute atomic E-state index is 12.2. The molecule has 0 radical (unpaired) electrons. The number of aromatic nitrogens is 1. The first-order valence-corrected chi connectivity index (χ1v) is 6.61. The number of pyridine rings is 1. The van der Waals surface area contributed by atoms with Gasteiger partial charge < -0.3 is 5.21 Å². The summed E-state index contributed by atoms with van der Waals surface area (Å²) in [7, 11) is 0. The second kappa shape index (κ2) is 6.39. The first-order chi connectivity index (χ1) is 10.0. The summed E-state index contributed by atoms with van der Waals surface area (Å²) in [6.07, 6.45) is 3.23. The highest BCUT2D eigenvalue weighted by molar-refractivity contribution is 5.98. The van der Waals surface area contributed by atoms with Crippen molar-refractivity contribution in [2.75, 3.05) is 0 Å². The van der Waals surface area contributed by atoms with Gasteiger partial charge in [-0.1, -0.05) is 17.2 Å². The maximum atomic E-state index is 12.2. The van der Waals surface area contributed by atoms with Crippen LogP contribution in [0, 0.1) is 19.1 Å². The zero-order valence-corrected chi connectivity index (χ0v) is 12.3.